The molecule has 0 amide bonds. The lowest BCUT2D eigenvalue weighted by atomic mass is 9.75. The summed E-state index contributed by atoms with van der Waals surface area (Å²) in [5.41, 5.74) is -0.120. The zero-order chi connectivity index (χ0) is 11.3. The van der Waals surface area contributed by atoms with E-state index in [-0.39, 0.29) is 11.6 Å². The summed E-state index contributed by atoms with van der Waals surface area (Å²) >= 11 is 0. The molecule has 86 valence electrons. The van der Waals surface area contributed by atoms with Crippen molar-refractivity contribution in [1.29, 1.82) is 0 Å². The second-order valence-electron chi connectivity index (χ2n) is 4.57. The Morgan fingerprint density at radius 3 is 2.53 bits per heavy atom. The van der Waals surface area contributed by atoms with E-state index in [0.29, 0.717) is 0 Å². The molecule has 1 unspecified atom stereocenters. The molecule has 0 aliphatic heterocycles. The van der Waals surface area contributed by atoms with Crippen molar-refractivity contribution in [2.45, 2.75) is 51.2 Å². The molecule has 15 heavy (non-hydrogen) atoms. The van der Waals surface area contributed by atoms with Crippen LogP contribution in [0.15, 0.2) is 0 Å². The summed E-state index contributed by atoms with van der Waals surface area (Å²) in [7, 11) is 1.92. The molecule has 1 rings (SSSR count). The van der Waals surface area contributed by atoms with Gasteiger partial charge in [-0.25, -0.2) is 0 Å². The molecule has 1 fully saturated rings. The first-order valence-electron chi connectivity index (χ1n) is 5.96. The van der Waals surface area contributed by atoms with Gasteiger partial charge in [0.15, 0.2) is 0 Å². The highest BCUT2D eigenvalue weighted by Gasteiger charge is 2.40. The summed E-state index contributed by atoms with van der Waals surface area (Å²) in [5, 5.41) is 3.20. The van der Waals surface area contributed by atoms with Crippen molar-refractivity contribution in [3.8, 4) is 12.3 Å². The minimum absolute atomic E-state index is 0.0462. The molecule has 1 aliphatic carbocycles. The van der Waals surface area contributed by atoms with E-state index in [2.05, 4.69) is 18.2 Å². The predicted molar refractivity (Wildman–Crippen MR) is 63.7 cm³/mol. The highest BCUT2D eigenvalue weighted by Crippen LogP contribution is 2.37. The molecule has 0 radical (unpaired) electrons. The molecular formula is C13H23NO. The molecule has 0 aromatic rings. The Kier molecular flexibility index (Phi) is 4.63. The maximum Gasteiger partial charge on any atom is 0.0978 e. The van der Waals surface area contributed by atoms with Gasteiger partial charge < -0.3 is 10.1 Å². The Labute approximate surface area is 93.8 Å². The number of rotatable bonds is 4. The van der Waals surface area contributed by atoms with Crippen molar-refractivity contribution in [3.63, 3.8) is 0 Å². The van der Waals surface area contributed by atoms with Crippen molar-refractivity contribution in [3.05, 3.63) is 0 Å². The molecule has 0 heterocycles. The third kappa shape index (κ3) is 2.74. The van der Waals surface area contributed by atoms with Gasteiger partial charge in [-0.15, -0.1) is 6.42 Å². The quantitative estimate of drug-likeness (QED) is 0.717. The fraction of sp³-hybridized carbons (Fsp3) is 0.846. The highest BCUT2D eigenvalue weighted by atomic mass is 16.5. The van der Waals surface area contributed by atoms with Gasteiger partial charge in [0.25, 0.3) is 0 Å². The van der Waals surface area contributed by atoms with Gasteiger partial charge in [-0.3, -0.25) is 0 Å². The second-order valence-corrected chi connectivity index (χ2v) is 4.57. The summed E-state index contributed by atoms with van der Waals surface area (Å²) < 4.78 is 5.96. The van der Waals surface area contributed by atoms with Crippen LogP contribution in [0.1, 0.15) is 39.5 Å². The topological polar surface area (TPSA) is 21.3 Å². The van der Waals surface area contributed by atoms with Crippen molar-refractivity contribution < 1.29 is 4.74 Å². The minimum atomic E-state index is -0.120. The van der Waals surface area contributed by atoms with E-state index in [4.69, 9.17) is 11.2 Å². The van der Waals surface area contributed by atoms with Crippen LogP contribution in [-0.2, 0) is 4.74 Å². The van der Waals surface area contributed by atoms with Crippen LogP contribution in [-0.4, -0.2) is 25.3 Å². The standard InChI is InChI=1S/C13H23NO/c1-5-12(14-4)13(15-6-2)9-7-11(3)8-10-13/h1,11-12,14H,6-10H2,2-4H3. The third-order valence-electron chi connectivity index (χ3n) is 3.53. The number of likely N-dealkylation sites (N-methyl/N-ethyl adjacent to an activating group) is 1. The Balaban J connectivity index is 2.74. The van der Waals surface area contributed by atoms with E-state index >= 15 is 0 Å². The first-order chi connectivity index (χ1) is 7.18. The molecule has 1 saturated carbocycles. The molecule has 1 N–H and O–H groups in total. The van der Waals surface area contributed by atoms with E-state index in [1.807, 2.05) is 14.0 Å². The van der Waals surface area contributed by atoms with Gasteiger partial charge in [0, 0.05) is 6.61 Å². The van der Waals surface area contributed by atoms with Gasteiger partial charge in [-0.1, -0.05) is 12.8 Å². The van der Waals surface area contributed by atoms with Gasteiger partial charge in [0.05, 0.1) is 11.6 Å². The molecule has 1 aliphatic rings. The maximum absolute atomic E-state index is 5.96. The monoisotopic (exact) mass is 209 g/mol. The molecule has 2 nitrogen and oxygen atoms in total. The lowest BCUT2D eigenvalue weighted by Gasteiger charge is -2.42. The fourth-order valence-corrected chi connectivity index (χ4v) is 2.55. The molecule has 1 atom stereocenters. The van der Waals surface area contributed by atoms with Crippen molar-refractivity contribution in [2.24, 2.45) is 5.92 Å². The Morgan fingerprint density at radius 1 is 1.53 bits per heavy atom. The number of hydrogen-bond acceptors (Lipinski definition) is 2. The highest BCUT2D eigenvalue weighted by molar-refractivity contribution is 5.11. The van der Waals surface area contributed by atoms with Crippen molar-refractivity contribution in [2.75, 3.05) is 13.7 Å². The Hall–Kier alpha value is -0.520. The average Bonchev–Trinajstić information content (AvgIpc) is 2.24. The summed E-state index contributed by atoms with van der Waals surface area (Å²) in [4.78, 5) is 0. The van der Waals surface area contributed by atoms with Crippen LogP contribution in [0, 0.1) is 18.3 Å². The summed E-state index contributed by atoms with van der Waals surface area (Å²) in [5.74, 6) is 3.64. The van der Waals surface area contributed by atoms with Crippen LogP contribution >= 0.6 is 0 Å². The van der Waals surface area contributed by atoms with Gasteiger partial charge in [-0.05, 0) is 45.6 Å². The molecule has 2 heteroatoms. The average molecular weight is 209 g/mol. The normalized spacial score (nSPS) is 33.3. The summed E-state index contributed by atoms with van der Waals surface area (Å²) in [6.07, 6.45) is 10.2. The predicted octanol–water partition coefficient (Wildman–Crippen LogP) is 2.19. The minimum Gasteiger partial charge on any atom is -0.373 e. The fourth-order valence-electron chi connectivity index (χ4n) is 2.55. The number of terminal acetylenes is 1. The molecule has 0 saturated heterocycles. The number of nitrogens with one attached hydrogen (secondary N) is 1. The van der Waals surface area contributed by atoms with E-state index in [9.17, 15) is 0 Å². The van der Waals surface area contributed by atoms with E-state index in [1.165, 1.54) is 12.8 Å². The van der Waals surface area contributed by atoms with Crippen LogP contribution < -0.4 is 5.32 Å². The second kappa shape index (κ2) is 5.53. The summed E-state index contributed by atoms with van der Waals surface area (Å²) in [6.45, 7) is 5.09. The molecule has 0 aromatic heterocycles. The van der Waals surface area contributed by atoms with E-state index in [1.54, 1.807) is 0 Å². The van der Waals surface area contributed by atoms with Gasteiger partial charge in [0.2, 0.25) is 0 Å². The van der Waals surface area contributed by atoms with E-state index in [0.717, 1.165) is 25.4 Å². The zero-order valence-corrected chi connectivity index (χ0v) is 10.2. The molecular weight excluding hydrogens is 186 g/mol. The molecule has 0 aromatic carbocycles. The number of hydrogen-bond donors (Lipinski definition) is 1. The van der Waals surface area contributed by atoms with Gasteiger partial charge in [-0.2, -0.15) is 0 Å². The SMILES string of the molecule is C#CC(NC)C1(OCC)CCC(C)CC1. The molecule has 0 spiro atoms. The summed E-state index contributed by atoms with van der Waals surface area (Å²) in [6, 6.07) is 0.0462. The maximum atomic E-state index is 5.96. The zero-order valence-electron chi connectivity index (χ0n) is 10.2. The first kappa shape index (κ1) is 12.5. The lowest BCUT2D eigenvalue weighted by molar-refractivity contribution is -0.0830. The first-order valence-corrected chi connectivity index (χ1v) is 5.96. The van der Waals surface area contributed by atoms with Crippen LogP contribution in [0.5, 0.6) is 0 Å². The Bertz CT molecular complexity index is 223. The Morgan fingerprint density at radius 2 is 2.13 bits per heavy atom. The van der Waals surface area contributed by atoms with Crippen LogP contribution in [0.4, 0.5) is 0 Å². The van der Waals surface area contributed by atoms with E-state index < -0.39 is 0 Å². The van der Waals surface area contributed by atoms with Gasteiger partial charge >= 0.3 is 0 Å². The number of ether oxygens (including phenoxy) is 1. The third-order valence-corrected chi connectivity index (χ3v) is 3.53. The van der Waals surface area contributed by atoms with Crippen molar-refractivity contribution in [1.82, 2.24) is 5.32 Å². The molecule has 0 bridgehead atoms. The van der Waals surface area contributed by atoms with Crippen LogP contribution in [0.25, 0.3) is 0 Å². The van der Waals surface area contributed by atoms with Crippen LogP contribution in [0.2, 0.25) is 0 Å². The lowest BCUT2D eigenvalue weighted by Crippen LogP contribution is -2.52. The smallest absolute Gasteiger partial charge is 0.0978 e. The van der Waals surface area contributed by atoms with Crippen molar-refractivity contribution >= 4 is 0 Å². The largest absolute Gasteiger partial charge is 0.373 e. The van der Waals surface area contributed by atoms with Gasteiger partial charge in [0.1, 0.15) is 0 Å². The van der Waals surface area contributed by atoms with Crippen LogP contribution in [0.3, 0.4) is 0 Å².